The minimum absolute atomic E-state index is 0. The summed E-state index contributed by atoms with van der Waals surface area (Å²) in [6.07, 6.45) is 0. The van der Waals surface area contributed by atoms with Gasteiger partial charge in [-0.3, -0.25) is 0 Å². The Balaban J connectivity index is 0.000000850. The van der Waals surface area contributed by atoms with E-state index in [4.69, 9.17) is 71.0 Å². The normalized spacial score (nSPS) is 8.55. The summed E-state index contributed by atoms with van der Waals surface area (Å²) in [5, 5.41) is 49.7. The molecule has 0 N–H and O–H groups in total. The van der Waals surface area contributed by atoms with Gasteiger partial charge in [0.25, 0.3) is 34.1 Å². The molecule has 0 heterocycles. The third-order valence-electron chi connectivity index (χ3n) is 7.55. The van der Waals surface area contributed by atoms with Crippen LogP contribution in [0.3, 0.4) is 0 Å². The molecule has 73 heavy (non-hydrogen) atoms. The van der Waals surface area contributed by atoms with E-state index in [-0.39, 0.29) is 54.4 Å². The van der Waals surface area contributed by atoms with E-state index in [9.17, 15) is 52.7 Å². The minimum atomic E-state index is -0.999. The predicted octanol–water partition coefficient (Wildman–Crippen LogP) is 14.3. The molecular formula is C48H12F12MoN12. The van der Waals surface area contributed by atoms with Crippen LogP contribution in [0.25, 0.3) is 29.1 Å². The van der Waals surface area contributed by atoms with Crippen molar-refractivity contribution >= 4 is 34.1 Å². The van der Waals surface area contributed by atoms with Crippen molar-refractivity contribution in [2.45, 2.75) is 0 Å². The summed E-state index contributed by atoms with van der Waals surface area (Å²) >= 11 is 0. The van der Waals surface area contributed by atoms with E-state index in [2.05, 4.69) is 29.1 Å². The second-order valence-corrected chi connectivity index (χ2v) is 12.1. The first-order valence-electron chi connectivity index (χ1n) is 17.7. The summed E-state index contributed by atoms with van der Waals surface area (Å²) in [7, 11) is 0. The van der Waals surface area contributed by atoms with Gasteiger partial charge < -0.3 is 0 Å². The fraction of sp³-hybridized carbons (Fsp3) is 0. The van der Waals surface area contributed by atoms with Crippen LogP contribution in [0, 0.1) is 177 Å². The molecule has 25 heteroatoms. The van der Waals surface area contributed by atoms with Gasteiger partial charge in [0.05, 0.1) is 109 Å². The zero-order valence-electron chi connectivity index (χ0n) is 35.2. The van der Waals surface area contributed by atoms with Crippen LogP contribution in [0.5, 0.6) is 0 Å². The summed E-state index contributed by atoms with van der Waals surface area (Å²) in [4.78, 5) is 15.8. The topological polar surface area (TPSA) is 169 Å². The first kappa shape index (κ1) is 62.0. The maximum atomic E-state index is 12.7. The van der Waals surface area contributed by atoms with Crippen LogP contribution in [0.2, 0.25) is 0 Å². The van der Waals surface area contributed by atoms with Gasteiger partial charge in [-0.15, -0.1) is 0 Å². The van der Waals surface area contributed by atoms with Crippen molar-refractivity contribution in [3.05, 3.63) is 244 Å². The molecule has 6 aromatic rings. The van der Waals surface area contributed by atoms with Crippen molar-refractivity contribution < 1.29 is 73.8 Å². The fourth-order valence-electron chi connectivity index (χ4n) is 4.42. The Morgan fingerprint density at radius 2 is 0.315 bits per heavy atom. The van der Waals surface area contributed by atoms with Gasteiger partial charge >= 0.3 is 0 Å². The molecule has 0 aliphatic rings. The molecule has 0 unspecified atom stereocenters. The molecule has 0 bridgehead atoms. The van der Waals surface area contributed by atoms with Crippen LogP contribution in [0.1, 0.15) is 33.4 Å². The van der Waals surface area contributed by atoms with E-state index < -0.39 is 104 Å². The zero-order chi connectivity index (χ0) is 54.8. The van der Waals surface area contributed by atoms with Gasteiger partial charge in [-0.1, -0.05) is 0 Å². The third kappa shape index (κ3) is 17.9. The van der Waals surface area contributed by atoms with E-state index in [1.54, 1.807) is 36.4 Å². The van der Waals surface area contributed by atoms with E-state index in [1.807, 2.05) is 0 Å². The molecule has 0 saturated carbocycles. The summed E-state index contributed by atoms with van der Waals surface area (Å²) < 4.78 is 152. The molecule has 0 fully saturated rings. The van der Waals surface area contributed by atoms with Crippen molar-refractivity contribution in [2.75, 3.05) is 0 Å². The average molecular weight is 1080 g/mol. The van der Waals surface area contributed by atoms with Crippen molar-refractivity contribution in [3.63, 3.8) is 0 Å². The number of rotatable bonds is 0. The molecule has 0 saturated heterocycles. The van der Waals surface area contributed by atoms with Gasteiger partial charge in [0.2, 0.25) is 0 Å². The first-order chi connectivity index (χ1) is 34.1. The Kier molecular flexibility index (Phi) is 25.9. The number of halogens is 12. The van der Waals surface area contributed by atoms with Gasteiger partial charge in [0.15, 0.2) is 0 Å². The van der Waals surface area contributed by atoms with Gasteiger partial charge in [-0.25, -0.2) is 81.8 Å². The largest absolute Gasteiger partial charge is 0.256 e. The molecule has 0 radical (unpaired) electrons. The number of benzene rings is 6. The third-order valence-corrected chi connectivity index (χ3v) is 7.55. The van der Waals surface area contributed by atoms with Crippen molar-refractivity contribution in [1.82, 2.24) is 0 Å². The predicted molar refractivity (Wildman–Crippen MR) is 224 cm³/mol. The van der Waals surface area contributed by atoms with Crippen LogP contribution < -0.4 is 0 Å². The van der Waals surface area contributed by atoms with Crippen LogP contribution >= 0.6 is 0 Å². The number of nitrogens with zero attached hydrogens (tertiary/aromatic N) is 12. The first-order valence-corrected chi connectivity index (χ1v) is 17.7. The number of hydrogen-bond acceptors (Lipinski definition) is 6. The Morgan fingerprint density at radius 3 is 0.370 bits per heavy atom. The van der Waals surface area contributed by atoms with Crippen LogP contribution in [0.15, 0.2) is 72.8 Å². The van der Waals surface area contributed by atoms with Crippen molar-refractivity contribution in [1.29, 1.82) is 31.6 Å². The molecule has 0 aliphatic heterocycles. The SMILES string of the molecule is [C-]#[N+]c1c(F)cc(C#N)cc1F.[C-]#[N+]c1c(F)cc(C#N)cc1F.[C-]#[N+]c1c(F)cc(C#N)cc1F.[C-]#[N+]c1c(F)cc(C#N)cc1F.[C-]#[N+]c1c(F)cc(C#N)cc1F.[C-]#[N+]c1c(F)cc(C#N)cc1F.[Mo]. The molecular weight excluding hydrogens is 1070 g/mol. The maximum absolute atomic E-state index is 12.7. The molecule has 12 nitrogen and oxygen atoms in total. The average Bonchev–Trinajstić information content (AvgIpc) is 3.34. The Labute approximate surface area is 418 Å². The molecule has 0 amide bonds. The van der Waals surface area contributed by atoms with Crippen molar-refractivity contribution in [2.24, 2.45) is 0 Å². The monoisotopic (exact) mass is 1080 g/mol. The Hall–Kier alpha value is -11.0. The quantitative estimate of drug-likeness (QED) is 0.0833. The molecule has 6 rings (SSSR count). The second kappa shape index (κ2) is 30.4. The van der Waals surface area contributed by atoms with Gasteiger partial charge in [0, 0.05) is 21.1 Å². The molecule has 0 aromatic heterocycles. The molecule has 0 spiro atoms. The van der Waals surface area contributed by atoms with Crippen molar-refractivity contribution in [3.8, 4) is 36.4 Å². The maximum Gasteiger partial charge on any atom is 0.256 e. The molecule has 0 aliphatic carbocycles. The van der Waals surface area contributed by atoms with E-state index in [0.717, 1.165) is 72.8 Å². The number of nitriles is 6. The van der Waals surface area contributed by atoms with E-state index >= 15 is 0 Å². The minimum Gasteiger partial charge on any atom is -0.232 e. The smallest absolute Gasteiger partial charge is 0.232 e. The van der Waals surface area contributed by atoms with E-state index in [0.29, 0.717) is 0 Å². The summed E-state index contributed by atoms with van der Waals surface area (Å²) in [6, 6.07) is 19.4. The standard InChI is InChI=1S/6C8H2F2N2.Mo/c6*1-12-8-6(9)2-5(4-11)3-7(8)10;/h6*2-3H;. The number of hydrogen-bond donors (Lipinski definition) is 0. The van der Waals surface area contributed by atoms with Gasteiger partial charge in [-0.05, 0) is 72.8 Å². The van der Waals surface area contributed by atoms with Gasteiger partial charge in [-0.2, -0.15) is 31.6 Å². The molecule has 354 valence electrons. The molecule has 0 atom stereocenters. The summed E-state index contributed by atoms with van der Waals surface area (Å²) in [5.74, 6) is -12.0. The summed E-state index contributed by atoms with van der Waals surface area (Å²) in [6.45, 7) is 38.5. The van der Waals surface area contributed by atoms with E-state index in [1.165, 1.54) is 0 Å². The Morgan fingerprint density at radius 1 is 0.233 bits per heavy atom. The van der Waals surface area contributed by atoms with Crippen LogP contribution in [-0.4, -0.2) is 0 Å². The second-order valence-electron chi connectivity index (χ2n) is 12.1. The fourth-order valence-corrected chi connectivity index (χ4v) is 4.42. The Bertz CT molecular complexity index is 2880. The molecule has 6 aromatic carbocycles. The van der Waals surface area contributed by atoms with Crippen LogP contribution in [0.4, 0.5) is 86.8 Å². The summed E-state index contributed by atoms with van der Waals surface area (Å²) in [5.41, 5.74) is -4.80. The van der Waals surface area contributed by atoms with Crippen LogP contribution in [-0.2, 0) is 21.1 Å². The zero-order valence-corrected chi connectivity index (χ0v) is 37.2. The van der Waals surface area contributed by atoms with Gasteiger partial charge in [0.1, 0.15) is 69.8 Å².